The SMILES string of the molecule is COc1ccc(/C=C/C(=O)Nc2cnn(C)c2C(=O)NCc2ccco2)cc1COc1ccc(C)cc1. The average Bonchev–Trinajstić information content (AvgIpc) is 3.55. The minimum Gasteiger partial charge on any atom is -0.496 e. The van der Waals surface area contributed by atoms with Gasteiger partial charge in [-0.25, -0.2) is 0 Å². The van der Waals surface area contributed by atoms with Gasteiger partial charge in [-0.15, -0.1) is 0 Å². The van der Waals surface area contributed by atoms with Crippen molar-refractivity contribution in [3.8, 4) is 11.5 Å². The number of hydrogen-bond acceptors (Lipinski definition) is 6. The Morgan fingerprint density at radius 1 is 1.14 bits per heavy atom. The third kappa shape index (κ3) is 6.66. The number of aromatic nitrogens is 2. The maximum Gasteiger partial charge on any atom is 0.272 e. The van der Waals surface area contributed by atoms with E-state index in [2.05, 4.69) is 15.7 Å². The monoisotopic (exact) mass is 500 g/mol. The van der Waals surface area contributed by atoms with Crippen LogP contribution < -0.4 is 20.1 Å². The fourth-order valence-electron chi connectivity index (χ4n) is 3.62. The summed E-state index contributed by atoms with van der Waals surface area (Å²) in [6.07, 6.45) is 6.04. The number of methoxy groups -OCH3 is 1. The number of carbonyl (C=O) groups is 2. The number of hydrogen-bond donors (Lipinski definition) is 2. The standard InChI is InChI=1S/C28H28N4O5/c1-19-6-10-22(11-7-19)37-18-21-15-20(8-12-25(21)35-3)9-13-26(33)31-24-17-30-32(2)27(24)28(34)29-16-23-5-4-14-36-23/h4-15,17H,16,18H2,1-3H3,(H,29,34)(H,31,33)/b13-9+. The number of nitrogens with one attached hydrogen (secondary N) is 2. The van der Waals surface area contributed by atoms with E-state index < -0.39 is 5.91 Å². The highest BCUT2D eigenvalue weighted by atomic mass is 16.5. The summed E-state index contributed by atoms with van der Waals surface area (Å²) in [7, 11) is 3.23. The number of ether oxygens (including phenoxy) is 2. The molecule has 0 unspecified atom stereocenters. The molecule has 0 aliphatic carbocycles. The summed E-state index contributed by atoms with van der Waals surface area (Å²) < 4.78 is 18.0. The smallest absolute Gasteiger partial charge is 0.272 e. The topological polar surface area (TPSA) is 108 Å². The maximum atomic E-state index is 12.7. The van der Waals surface area contributed by atoms with Gasteiger partial charge in [-0.1, -0.05) is 23.8 Å². The van der Waals surface area contributed by atoms with E-state index in [1.165, 1.54) is 23.2 Å². The third-order valence-electron chi connectivity index (χ3n) is 5.56. The zero-order valence-corrected chi connectivity index (χ0v) is 20.9. The van der Waals surface area contributed by atoms with Crippen LogP contribution in [0, 0.1) is 6.92 Å². The second-order valence-corrected chi connectivity index (χ2v) is 8.29. The molecule has 0 aliphatic heterocycles. The van der Waals surface area contributed by atoms with Crippen molar-refractivity contribution in [1.29, 1.82) is 0 Å². The van der Waals surface area contributed by atoms with E-state index in [4.69, 9.17) is 13.9 Å². The fraction of sp³-hybridized carbons (Fsp3) is 0.179. The Morgan fingerprint density at radius 2 is 1.95 bits per heavy atom. The predicted octanol–water partition coefficient (Wildman–Crippen LogP) is 4.49. The summed E-state index contributed by atoms with van der Waals surface area (Å²) >= 11 is 0. The summed E-state index contributed by atoms with van der Waals surface area (Å²) in [4.78, 5) is 25.3. The second kappa shape index (κ2) is 11.8. The Kier molecular flexibility index (Phi) is 8.05. The lowest BCUT2D eigenvalue weighted by molar-refractivity contribution is -0.111. The van der Waals surface area contributed by atoms with Crippen LogP contribution in [0.2, 0.25) is 0 Å². The first kappa shape index (κ1) is 25.3. The zero-order valence-electron chi connectivity index (χ0n) is 20.9. The first-order valence-electron chi connectivity index (χ1n) is 11.6. The molecule has 2 amide bonds. The molecule has 2 heterocycles. The quantitative estimate of drug-likeness (QED) is 0.311. The van der Waals surface area contributed by atoms with Crippen molar-refractivity contribution in [2.45, 2.75) is 20.1 Å². The van der Waals surface area contributed by atoms with Gasteiger partial charge in [0.25, 0.3) is 5.91 Å². The van der Waals surface area contributed by atoms with Gasteiger partial charge in [-0.05, 0) is 55.0 Å². The first-order chi connectivity index (χ1) is 17.9. The normalized spacial score (nSPS) is 10.9. The highest BCUT2D eigenvalue weighted by Gasteiger charge is 2.18. The molecule has 37 heavy (non-hydrogen) atoms. The van der Waals surface area contributed by atoms with Crippen LogP contribution in [0.25, 0.3) is 6.08 Å². The molecule has 9 heteroatoms. The molecule has 0 radical (unpaired) electrons. The van der Waals surface area contributed by atoms with Crippen LogP contribution in [0.1, 0.15) is 32.9 Å². The molecule has 0 fully saturated rings. The van der Waals surface area contributed by atoms with Gasteiger partial charge in [0, 0.05) is 18.7 Å². The van der Waals surface area contributed by atoms with E-state index in [1.54, 1.807) is 32.4 Å². The maximum absolute atomic E-state index is 12.7. The molecule has 0 spiro atoms. The molecule has 0 saturated heterocycles. The van der Waals surface area contributed by atoms with Gasteiger partial charge >= 0.3 is 0 Å². The van der Waals surface area contributed by atoms with Crippen molar-refractivity contribution in [2.24, 2.45) is 7.05 Å². The van der Waals surface area contributed by atoms with E-state index in [1.807, 2.05) is 49.4 Å². The number of aryl methyl sites for hydroxylation is 2. The summed E-state index contributed by atoms with van der Waals surface area (Å²) in [5, 5.41) is 9.58. The second-order valence-electron chi connectivity index (χ2n) is 8.29. The first-order valence-corrected chi connectivity index (χ1v) is 11.6. The number of benzene rings is 2. The highest BCUT2D eigenvalue weighted by Crippen LogP contribution is 2.23. The lowest BCUT2D eigenvalue weighted by atomic mass is 10.1. The zero-order chi connectivity index (χ0) is 26.2. The van der Waals surface area contributed by atoms with Gasteiger partial charge < -0.3 is 24.5 Å². The largest absolute Gasteiger partial charge is 0.496 e. The molecule has 4 aromatic rings. The Hall–Kier alpha value is -4.79. The summed E-state index contributed by atoms with van der Waals surface area (Å²) in [5.74, 6) is 1.28. The molecule has 190 valence electrons. The molecule has 2 aromatic carbocycles. The van der Waals surface area contributed by atoms with Crippen LogP contribution in [-0.4, -0.2) is 28.7 Å². The van der Waals surface area contributed by atoms with Gasteiger partial charge in [0.2, 0.25) is 5.91 Å². The number of anilines is 1. The lowest BCUT2D eigenvalue weighted by Gasteiger charge is -2.11. The lowest BCUT2D eigenvalue weighted by Crippen LogP contribution is -2.26. The van der Waals surface area contributed by atoms with Gasteiger partial charge in [0.05, 0.1) is 31.8 Å². The molecule has 0 atom stereocenters. The molecule has 0 saturated carbocycles. The van der Waals surface area contributed by atoms with Crippen LogP contribution in [-0.2, 0) is 25.0 Å². The average molecular weight is 501 g/mol. The molecule has 2 N–H and O–H groups in total. The molecule has 2 aromatic heterocycles. The number of furan rings is 1. The van der Waals surface area contributed by atoms with Crippen molar-refractivity contribution in [2.75, 3.05) is 12.4 Å². The van der Waals surface area contributed by atoms with Gasteiger partial charge in [-0.2, -0.15) is 5.10 Å². The molecule has 0 bridgehead atoms. The molecular weight excluding hydrogens is 472 g/mol. The molecular formula is C28H28N4O5. The van der Waals surface area contributed by atoms with Crippen LogP contribution in [0.15, 0.2) is 77.6 Å². The highest BCUT2D eigenvalue weighted by molar-refractivity contribution is 6.06. The Morgan fingerprint density at radius 3 is 2.68 bits per heavy atom. The summed E-state index contributed by atoms with van der Waals surface area (Å²) in [6.45, 7) is 2.55. The van der Waals surface area contributed by atoms with E-state index in [0.717, 1.165) is 22.4 Å². The number of amides is 2. The Balaban J connectivity index is 1.40. The molecule has 9 nitrogen and oxygen atoms in total. The summed E-state index contributed by atoms with van der Waals surface area (Å²) in [6, 6.07) is 16.9. The van der Waals surface area contributed by atoms with E-state index in [9.17, 15) is 9.59 Å². The van der Waals surface area contributed by atoms with Crippen LogP contribution in [0.5, 0.6) is 11.5 Å². The van der Waals surface area contributed by atoms with E-state index in [0.29, 0.717) is 23.8 Å². The fourth-order valence-corrected chi connectivity index (χ4v) is 3.62. The Bertz CT molecular complexity index is 1390. The van der Waals surface area contributed by atoms with Crippen LogP contribution in [0.4, 0.5) is 5.69 Å². The minimum atomic E-state index is -0.402. The van der Waals surface area contributed by atoms with Gasteiger partial charge in [0.15, 0.2) is 0 Å². The number of carbonyl (C=O) groups excluding carboxylic acids is 2. The molecule has 4 rings (SSSR count). The number of rotatable bonds is 10. The van der Waals surface area contributed by atoms with Crippen molar-refractivity contribution in [3.63, 3.8) is 0 Å². The van der Waals surface area contributed by atoms with E-state index >= 15 is 0 Å². The Labute approximate surface area is 214 Å². The number of nitrogens with zero attached hydrogens (tertiary/aromatic N) is 2. The van der Waals surface area contributed by atoms with E-state index in [-0.39, 0.29) is 18.1 Å². The molecule has 0 aliphatic rings. The van der Waals surface area contributed by atoms with Gasteiger partial charge in [0.1, 0.15) is 29.6 Å². The minimum absolute atomic E-state index is 0.220. The van der Waals surface area contributed by atoms with Crippen molar-refractivity contribution >= 4 is 23.6 Å². The predicted molar refractivity (Wildman–Crippen MR) is 139 cm³/mol. The van der Waals surface area contributed by atoms with Crippen molar-refractivity contribution in [1.82, 2.24) is 15.1 Å². The van der Waals surface area contributed by atoms with Crippen LogP contribution >= 0.6 is 0 Å². The third-order valence-corrected chi connectivity index (χ3v) is 5.56. The van der Waals surface area contributed by atoms with Crippen molar-refractivity contribution in [3.05, 3.63) is 101 Å². The van der Waals surface area contributed by atoms with Crippen LogP contribution in [0.3, 0.4) is 0 Å². The van der Waals surface area contributed by atoms with Crippen molar-refractivity contribution < 1.29 is 23.5 Å². The van der Waals surface area contributed by atoms with Gasteiger partial charge in [-0.3, -0.25) is 14.3 Å². The summed E-state index contributed by atoms with van der Waals surface area (Å²) in [5.41, 5.74) is 3.32.